The predicted octanol–water partition coefficient (Wildman–Crippen LogP) is 7.26. The number of rotatable bonds is 8. The zero-order chi connectivity index (χ0) is 20.1. The Morgan fingerprint density at radius 1 is 0.724 bits per heavy atom. The van der Waals surface area contributed by atoms with Crippen LogP contribution in [0.1, 0.15) is 12.8 Å². The van der Waals surface area contributed by atoms with Crippen molar-refractivity contribution in [3.05, 3.63) is 91.5 Å². The SMILES string of the molecule is CSc1cccc([O][Zr]([O]c2cccc(SC)c2)([C]2=CC=CC2)[C]2=CC=CC2)c1. The maximum absolute atomic E-state index is 6.94. The van der Waals surface area contributed by atoms with Crippen LogP contribution >= 0.6 is 23.5 Å². The number of benzene rings is 2. The van der Waals surface area contributed by atoms with E-state index in [1.165, 1.54) is 16.4 Å². The molecule has 0 fully saturated rings. The average Bonchev–Trinajstić information content (AvgIpc) is 3.48. The van der Waals surface area contributed by atoms with E-state index in [-0.39, 0.29) is 0 Å². The maximum atomic E-state index is 6.94. The number of allylic oxidation sites excluding steroid dienone is 8. The van der Waals surface area contributed by atoms with Crippen molar-refractivity contribution < 1.29 is 26.8 Å². The molecule has 0 spiro atoms. The van der Waals surface area contributed by atoms with E-state index in [1.54, 1.807) is 23.5 Å². The molecule has 0 radical (unpaired) electrons. The van der Waals surface area contributed by atoms with E-state index in [0.717, 1.165) is 24.3 Å². The van der Waals surface area contributed by atoms with Crippen LogP contribution in [-0.2, 0) is 21.1 Å². The zero-order valence-corrected chi connectivity index (χ0v) is 20.7. The van der Waals surface area contributed by atoms with Gasteiger partial charge in [0.25, 0.3) is 0 Å². The van der Waals surface area contributed by atoms with Crippen molar-refractivity contribution in [1.29, 1.82) is 0 Å². The molecule has 0 N–H and O–H groups in total. The summed E-state index contributed by atoms with van der Waals surface area (Å²) in [5, 5.41) is 0. The molecule has 4 rings (SSSR count). The van der Waals surface area contributed by atoms with Crippen molar-refractivity contribution in [2.45, 2.75) is 22.6 Å². The summed E-state index contributed by atoms with van der Waals surface area (Å²) in [6.07, 6.45) is 19.1. The molecule has 0 unspecified atom stereocenters. The van der Waals surface area contributed by atoms with E-state index in [1.807, 2.05) is 0 Å². The summed E-state index contributed by atoms with van der Waals surface area (Å²) in [4.78, 5) is 2.40. The quantitative estimate of drug-likeness (QED) is 0.356. The van der Waals surface area contributed by atoms with Gasteiger partial charge in [0, 0.05) is 0 Å². The van der Waals surface area contributed by atoms with Gasteiger partial charge in [-0.1, -0.05) is 0 Å². The van der Waals surface area contributed by atoms with Gasteiger partial charge >= 0.3 is 188 Å². The molecule has 2 aromatic carbocycles. The van der Waals surface area contributed by atoms with Crippen LogP contribution in [0.25, 0.3) is 0 Å². The van der Waals surface area contributed by atoms with Crippen LogP contribution in [0.15, 0.2) is 101 Å². The molecule has 2 aliphatic carbocycles. The average molecular weight is 500 g/mol. The Bertz CT molecular complexity index is 926. The summed E-state index contributed by atoms with van der Waals surface area (Å²) in [5.74, 6) is 1.79. The second-order valence-corrected chi connectivity index (χ2v) is 15.8. The number of thioether (sulfide) groups is 2. The predicted molar refractivity (Wildman–Crippen MR) is 121 cm³/mol. The zero-order valence-electron chi connectivity index (χ0n) is 16.6. The molecular weight excluding hydrogens is 476 g/mol. The molecule has 0 atom stereocenters. The summed E-state index contributed by atoms with van der Waals surface area (Å²) in [5.41, 5.74) is 0. The van der Waals surface area contributed by atoms with Crippen LogP contribution in [0.5, 0.6) is 11.5 Å². The van der Waals surface area contributed by atoms with E-state index in [2.05, 4.69) is 97.5 Å². The van der Waals surface area contributed by atoms with Crippen molar-refractivity contribution in [2.75, 3.05) is 12.5 Å². The number of hydrogen-bond acceptors (Lipinski definition) is 4. The van der Waals surface area contributed by atoms with Crippen molar-refractivity contribution in [3.63, 3.8) is 0 Å². The molecule has 0 saturated carbocycles. The van der Waals surface area contributed by atoms with Crippen molar-refractivity contribution in [3.8, 4) is 11.5 Å². The molecule has 2 nitrogen and oxygen atoms in total. The standard InChI is InChI=1S/2C7H8OS.2C5H5.Zr/c2*1-9-7-4-2-3-6(8)5-7;2*1-2-4-5-3-1;/h2*2-5,8H,1H3;2*1-3H,4H2;/q;;;;+2/p-2. The van der Waals surface area contributed by atoms with Gasteiger partial charge < -0.3 is 0 Å². The van der Waals surface area contributed by atoms with Gasteiger partial charge in [-0.25, -0.2) is 0 Å². The van der Waals surface area contributed by atoms with Gasteiger partial charge in [0.2, 0.25) is 0 Å². The minimum absolute atomic E-state index is 0.897. The Kier molecular flexibility index (Phi) is 6.89. The van der Waals surface area contributed by atoms with Gasteiger partial charge in [0.1, 0.15) is 0 Å². The first-order valence-electron chi connectivity index (χ1n) is 9.62. The van der Waals surface area contributed by atoms with Gasteiger partial charge in [-0.3, -0.25) is 0 Å². The van der Waals surface area contributed by atoms with Crippen LogP contribution in [0.3, 0.4) is 0 Å². The number of hydrogen-bond donors (Lipinski definition) is 0. The van der Waals surface area contributed by atoms with E-state index >= 15 is 0 Å². The minimum atomic E-state index is -3.89. The Hall–Kier alpha value is -1.42. The molecule has 0 bridgehead atoms. The van der Waals surface area contributed by atoms with Crippen molar-refractivity contribution in [1.82, 2.24) is 0 Å². The molecule has 0 amide bonds. The fourth-order valence-corrected chi connectivity index (χ4v) is 12.5. The molecular formula is C24H24O2S2Zr. The Morgan fingerprint density at radius 2 is 1.21 bits per heavy atom. The molecule has 0 aromatic heterocycles. The van der Waals surface area contributed by atoms with Crippen LogP contribution in [0, 0.1) is 0 Å². The first-order valence-corrected chi connectivity index (χ1v) is 16.5. The fraction of sp³-hybridized carbons (Fsp3) is 0.167. The third-order valence-corrected chi connectivity index (χ3v) is 15.0. The van der Waals surface area contributed by atoms with E-state index < -0.39 is 21.1 Å². The van der Waals surface area contributed by atoms with Crippen LogP contribution in [-0.4, -0.2) is 12.5 Å². The summed E-state index contributed by atoms with van der Waals surface area (Å²) < 4.78 is 16.5. The molecule has 0 heterocycles. The molecule has 148 valence electrons. The summed E-state index contributed by atoms with van der Waals surface area (Å²) in [7, 11) is 0. The summed E-state index contributed by atoms with van der Waals surface area (Å²) >= 11 is -0.437. The molecule has 5 heteroatoms. The molecule has 0 saturated heterocycles. The molecule has 0 aliphatic heterocycles. The summed E-state index contributed by atoms with van der Waals surface area (Å²) in [6, 6.07) is 16.7. The van der Waals surface area contributed by atoms with Gasteiger partial charge in [-0.2, -0.15) is 0 Å². The Morgan fingerprint density at radius 3 is 1.59 bits per heavy atom. The first kappa shape index (κ1) is 20.8. The topological polar surface area (TPSA) is 18.5 Å². The third-order valence-electron chi connectivity index (χ3n) is 4.99. The van der Waals surface area contributed by atoms with E-state index in [0.29, 0.717) is 0 Å². The molecule has 29 heavy (non-hydrogen) atoms. The van der Waals surface area contributed by atoms with Crippen molar-refractivity contribution >= 4 is 23.5 Å². The first-order chi connectivity index (χ1) is 14.2. The third kappa shape index (κ3) is 4.68. The Balaban J connectivity index is 1.79. The van der Waals surface area contributed by atoms with Crippen molar-refractivity contribution in [2.24, 2.45) is 0 Å². The van der Waals surface area contributed by atoms with Crippen LogP contribution in [0.4, 0.5) is 0 Å². The van der Waals surface area contributed by atoms with Gasteiger partial charge in [0.05, 0.1) is 0 Å². The van der Waals surface area contributed by atoms with Gasteiger partial charge in [0.15, 0.2) is 0 Å². The van der Waals surface area contributed by atoms with Crippen LogP contribution in [0.2, 0.25) is 0 Å². The van der Waals surface area contributed by atoms with Gasteiger partial charge in [-0.05, 0) is 0 Å². The summed E-state index contributed by atoms with van der Waals surface area (Å²) in [6.45, 7) is 0. The molecule has 2 aromatic rings. The van der Waals surface area contributed by atoms with Crippen LogP contribution < -0.4 is 5.63 Å². The van der Waals surface area contributed by atoms with E-state index in [4.69, 9.17) is 5.63 Å². The second kappa shape index (κ2) is 9.59. The monoisotopic (exact) mass is 498 g/mol. The Labute approximate surface area is 187 Å². The van der Waals surface area contributed by atoms with E-state index in [9.17, 15) is 0 Å². The fourth-order valence-electron chi connectivity index (χ4n) is 3.53. The normalized spacial score (nSPS) is 15.4. The second-order valence-electron chi connectivity index (χ2n) is 6.83. The van der Waals surface area contributed by atoms with Gasteiger partial charge in [-0.15, -0.1) is 0 Å². The molecule has 2 aliphatic rings.